The van der Waals surface area contributed by atoms with E-state index in [-0.39, 0.29) is 36.8 Å². The monoisotopic (exact) mass is 771 g/mol. The molecule has 2 aliphatic carbocycles. The van der Waals surface area contributed by atoms with Gasteiger partial charge in [0, 0.05) is 60.9 Å². The summed E-state index contributed by atoms with van der Waals surface area (Å²) in [6.45, 7) is 1.13. The Morgan fingerprint density at radius 3 is 2.21 bits per heavy atom. The van der Waals surface area contributed by atoms with Crippen molar-refractivity contribution >= 4 is 84.2 Å². The van der Waals surface area contributed by atoms with Gasteiger partial charge in [-0.3, -0.25) is 14.6 Å². The van der Waals surface area contributed by atoms with Gasteiger partial charge in [-0.1, -0.05) is 16.7 Å². The number of carbonyl (C=O) groups excluding carboxylic acids is 2. The average Bonchev–Trinajstić information content (AvgIpc) is 3.87. The maximum atomic E-state index is 12.5. The van der Waals surface area contributed by atoms with E-state index in [0.29, 0.717) is 17.4 Å². The van der Waals surface area contributed by atoms with Crippen LogP contribution in [-0.2, 0) is 41.8 Å². The molecule has 2 amide bonds. The number of hydrogen-bond donors (Lipinski definition) is 1. The highest BCUT2D eigenvalue weighted by atomic mass is 35.5. The van der Waals surface area contributed by atoms with E-state index in [9.17, 15) is 9.59 Å². The summed E-state index contributed by atoms with van der Waals surface area (Å²) in [6.07, 6.45) is 9.82. The lowest BCUT2D eigenvalue weighted by atomic mass is 9.87. The van der Waals surface area contributed by atoms with Crippen molar-refractivity contribution in [1.29, 1.82) is 0 Å². The standard InChI is InChI=1S/C23H24N8O2S.C13H14ClN3OS/c1-31(2)23(32)13-3-4-16-19(9-13)34-22-20(16)21(26-12-27-22)29-17-7-14-10-25-11-15(14)8-18(17)33-6-5-28-30-24;1-17(2)13(18)7-3-4-8-9(5-7)19-12-10(8)11(14)15-6-16-12/h7-8,10,12-13H,3-6,9,11H2,1-2H3,(H,26,27,29);6-7H,3-5H2,1-2H3/t13-;7-/m00/s1. The van der Waals surface area contributed by atoms with E-state index in [4.69, 9.17) is 21.9 Å². The van der Waals surface area contributed by atoms with Crippen LogP contribution in [-0.4, -0.2) is 89.1 Å². The van der Waals surface area contributed by atoms with Crippen molar-refractivity contribution in [1.82, 2.24) is 29.7 Å². The van der Waals surface area contributed by atoms with E-state index in [1.165, 1.54) is 27.2 Å². The normalized spacial score (nSPS) is 16.8. The highest BCUT2D eigenvalue weighted by Gasteiger charge is 2.31. The van der Waals surface area contributed by atoms with Gasteiger partial charge in [-0.15, -0.1) is 22.7 Å². The van der Waals surface area contributed by atoms with Gasteiger partial charge in [-0.2, -0.15) is 0 Å². The molecule has 8 rings (SSSR count). The van der Waals surface area contributed by atoms with E-state index in [2.05, 4.69) is 40.3 Å². The third-order valence-corrected chi connectivity index (χ3v) is 12.3. The lowest BCUT2D eigenvalue weighted by molar-refractivity contribution is -0.134. The highest BCUT2D eigenvalue weighted by molar-refractivity contribution is 7.19. The molecule has 1 N–H and O–H groups in total. The summed E-state index contributed by atoms with van der Waals surface area (Å²) in [5, 5.41) is 9.53. The Kier molecular flexibility index (Phi) is 10.7. The second-order valence-electron chi connectivity index (χ2n) is 13.5. The van der Waals surface area contributed by atoms with Crippen LogP contribution in [0.15, 0.2) is 34.9 Å². The lowest BCUT2D eigenvalue weighted by Crippen LogP contribution is -2.32. The Balaban J connectivity index is 0.000000193. The fourth-order valence-electron chi connectivity index (χ4n) is 7.15. The van der Waals surface area contributed by atoms with Crippen LogP contribution >= 0.6 is 34.3 Å². The van der Waals surface area contributed by atoms with Crippen LogP contribution in [0.3, 0.4) is 0 Å². The number of benzene rings is 1. The van der Waals surface area contributed by atoms with Crippen LogP contribution in [0.2, 0.25) is 5.15 Å². The zero-order chi connectivity index (χ0) is 37.2. The summed E-state index contributed by atoms with van der Waals surface area (Å²) in [6, 6.07) is 3.98. The molecular formula is C36H38ClN11O3S2. The summed E-state index contributed by atoms with van der Waals surface area (Å²) in [5.74, 6) is 1.85. The van der Waals surface area contributed by atoms with E-state index < -0.39 is 0 Å². The second-order valence-corrected chi connectivity index (χ2v) is 16.1. The lowest BCUT2D eigenvalue weighted by Gasteiger charge is -2.24. The highest BCUT2D eigenvalue weighted by Crippen LogP contribution is 2.43. The molecule has 5 aromatic rings. The number of halogens is 1. The Hall–Kier alpha value is -4.89. The van der Waals surface area contributed by atoms with E-state index >= 15 is 0 Å². The molecule has 274 valence electrons. The predicted octanol–water partition coefficient (Wildman–Crippen LogP) is 6.79. The number of fused-ring (bicyclic) bond motifs is 7. The molecule has 0 bridgehead atoms. The third kappa shape index (κ3) is 7.49. The first-order valence-electron chi connectivity index (χ1n) is 17.3. The van der Waals surface area contributed by atoms with Gasteiger partial charge in [0.05, 0.1) is 36.2 Å². The number of nitrogens with zero attached hydrogens (tertiary/aromatic N) is 10. The van der Waals surface area contributed by atoms with Crippen molar-refractivity contribution in [3.05, 3.63) is 72.4 Å². The van der Waals surface area contributed by atoms with Gasteiger partial charge in [0.2, 0.25) is 11.8 Å². The molecule has 0 fully saturated rings. The molecule has 17 heteroatoms. The first-order valence-corrected chi connectivity index (χ1v) is 19.3. The van der Waals surface area contributed by atoms with Crippen molar-refractivity contribution in [3.63, 3.8) is 0 Å². The van der Waals surface area contributed by atoms with Crippen LogP contribution in [0.4, 0.5) is 11.5 Å². The van der Waals surface area contributed by atoms with Crippen LogP contribution < -0.4 is 10.1 Å². The topological polar surface area (TPSA) is 175 Å². The number of aryl methyl sites for hydroxylation is 2. The molecule has 5 heterocycles. The van der Waals surface area contributed by atoms with Crippen molar-refractivity contribution < 1.29 is 14.3 Å². The zero-order valence-corrected chi connectivity index (χ0v) is 32.2. The Morgan fingerprint density at radius 1 is 0.943 bits per heavy atom. The molecule has 2 atom stereocenters. The number of hydrogen-bond acceptors (Lipinski definition) is 12. The third-order valence-electron chi connectivity index (χ3n) is 9.72. The van der Waals surface area contributed by atoms with E-state index in [1.54, 1.807) is 38.8 Å². The molecule has 0 unspecified atom stereocenters. The molecule has 4 aromatic heterocycles. The van der Waals surface area contributed by atoms with Crippen molar-refractivity contribution in [2.75, 3.05) is 46.7 Å². The summed E-state index contributed by atoms with van der Waals surface area (Å²) in [4.78, 5) is 56.8. The summed E-state index contributed by atoms with van der Waals surface area (Å²) in [7, 11) is 7.24. The fraction of sp³-hybridized carbons (Fsp3) is 0.417. The molecule has 53 heavy (non-hydrogen) atoms. The quantitative estimate of drug-likeness (QED) is 0.0590. The van der Waals surface area contributed by atoms with Crippen LogP contribution in [0, 0.1) is 11.8 Å². The molecule has 1 aromatic carbocycles. The zero-order valence-electron chi connectivity index (χ0n) is 29.8. The molecule has 0 saturated heterocycles. The summed E-state index contributed by atoms with van der Waals surface area (Å²) in [5.41, 5.74) is 13.9. The van der Waals surface area contributed by atoms with Crippen LogP contribution in [0.25, 0.3) is 30.9 Å². The first kappa shape index (κ1) is 36.5. The predicted molar refractivity (Wildman–Crippen MR) is 209 cm³/mol. The molecule has 0 saturated carbocycles. The van der Waals surface area contributed by atoms with Gasteiger partial charge in [0.25, 0.3) is 0 Å². The number of ether oxygens (including phenoxy) is 1. The molecule has 0 spiro atoms. The Labute approximate surface area is 318 Å². The molecule has 14 nitrogen and oxygen atoms in total. The van der Waals surface area contributed by atoms with Crippen LogP contribution in [0.5, 0.6) is 5.75 Å². The number of aromatic nitrogens is 4. The number of amides is 2. The minimum atomic E-state index is 0.00648. The van der Waals surface area contributed by atoms with Crippen molar-refractivity contribution in [3.8, 4) is 5.75 Å². The van der Waals surface area contributed by atoms with Gasteiger partial charge in [0.1, 0.15) is 39.0 Å². The number of rotatable bonds is 8. The van der Waals surface area contributed by atoms with Crippen LogP contribution in [0.1, 0.15) is 44.8 Å². The second kappa shape index (κ2) is 15.6. The molecule has 0 radical (unpaired) electrons. The smallest absolute Gasteiger partial charge is 0.225 e. The maximum Gasteiger partial charge on any atom is 0.225 e. The van der Waals surface area contributed by atoms with Gasteiger partial charge >= 0.3 is 0 Å². The number of aliphatic imine (C=N–C) groups is 1. The van der Waals surface area contributed by atoms with Gasteiger partial charge in [-0.25, -0.2) is 19.9 Å². The minimum Gasteiger partial charge on any atom is -0.491 e. The number of carbonyl (C=O) groups is 2. The number of nitrogens with one attached hydrogen (secondary N) is 1. The Bertz CT molecular complexity index is 2300. The van der Waals surface area contributed by atoms with Gasteiger partial charge in [0.15, 0.2) is 0 Å². The maximum absolute atomic E-state index is 12.5. The SMILES string of the molecule is CN(C)C(=O)[C@H]1CCc2c(sc3ncnc(Cl)c23)C1.CN(C)C(=O)[C@H]1CCc2c(sc3ncnc(Nc4cc5c(cc4OCCN=[N+]=[N-])CN=C5)c23)C1. The van der Waals surface area contributed by atoms with E-state index in [1.807, 2.05) is 46.5 Å². The minimum absolute atomic E-state index is 0.00648. The molecule has 3 aliphatic rings. The average molecular weight is 772 g/mol. The number of anilines is 2. The van der Waals surface area contributed by atoms with Gasteiger partial charge < -0.3 is 19.9 Å². The molecule has 1 aliphatic heterocycles. The van der Waals surface area contributed by atoms with Gasteiger partial charge in [-0.05, 0) is 78.4 Å². The van der Waals surface area contributed by atoms with E-state index in [0.717, 1.165) is 81.6 Å². The van der Waals surface area contributed by atoms with Crippen molar-refractivity contribution in [2.45, 2.75) is 45.1 Å². The number of thiophene rings is 2. The molecular weight excluding hydrogens is 734 g/mol. The fourth-order valence-corrected chi connectivity index (χ4v) is 9.99. The number of azide groups is 1. The largest absolute Gasteiger partial charge is 0.491 e. The first-order chi connectivity index (χ1) is 25.6. The summed E-state index contributed by atoms with van der Waals surface area (Å²) >= 11 is 9.45. The van der Waals surface area contributed by atoms with Crippen molar-refractivity contribution in [2.24, 2.45) is 21.9 Å². The summed E-state index contributed by atoms with van der Waals surface area (Å²) < 4.78 is 5.94. The Morgan fingerprint density at radius 2 is 1.57 bits per heavy atom.